The molecule has 2 N–H and O–H groups in total. The predicted molar refractivity (Wildman–Crippen MR) is 116 cm³/mol. The van der Waals surface area contributed by atoms with Crippen LogP contribution in [0.25, 0.3) is 5.76 Å². The lowest BCUT2D eigenvalue weighted by atomic mass is 9.95. The molecular formula is C23H23BrFN2O4+. The van der Waals surface area contributed by atoms with Crippen molar-refractivity contribution < 1.29 is 28.7 Å². The summed E-state index contributed by atoms with van der Waals surface area (Å²) in [7, 11) is 0. The summed E-state index contributed by atoms with van der Waals surface area (Å²) in [6.07, 6.45) is 0. The van der Waals surface area contributed by atoms with E-state index >= 15 is 0 Å². The summed E-state index contributed by atoms with van der Waals surface area (Å²) in [5.41, 5.74) is 1.03. The van der Waals surface area contributed by atoms with Gasteiger partial charge in [-0.15, -0.1) is 0 Å². The van der Waals surface area contributed by atoms with Gasteiger partial charge in [0.05, 0.1) is 37.9 Å². The SMILES string of the molecule is O=C1C(=O)N(CC[NH+]2CCOCC2)[C@H](c2cccc(Br)c2)C1=C(O)c1ccc(F)cc1. The van der Waals surface area contributed by atoms with Gasteiger partial charge in [0.25, 0.3) is 11.7 Å². The molecule has 0 saturated carbocycles. The largest absolute Gasteiger partial charge is 0.507 e. The molecule has 0 spiro atoms. The summed E-state index contributed by atoms with van der Waals surface area (Å²) in [5, 5.41) is 11.0. The van der Waals surface area contributed by atoms with Crippen molar-refractivity contribution in [2.75, 3.05) is 39.4 Å². The van der Waals surface area contributed by atoms with Crippen molar-refractivity contribution in [1.82, 2.24) is 4.90 Å². The molecule has 162 valence electrons. The van der Waals surface area contributed by atoms with Crippen LogP contribution in [0.5, 0.6) is 0 Å². The van der Waals surface area contributed by atoms with Gasteiger partial charge in [0.1, 0.15) is 24.7 Å². The molecule has 2 fully saturated rings. The standard InChI is InChI=1S/C23H22BrFN2O4/c24-17-3-1-2-16(14-17)20-19(21(28)15-4-6-18(25)7-5-15)22(29)23(30)27(20)9-8-26-10-12-31-13-11-26/h1-7,14,20,28H,8-13H2/p+1/t20-/m1/s1. The Morgan fingerprint density at radius 2 is 1.87 bits per heavy atom. The van der Waals surface area contributed by atoms with Gasteiger partial charge in [-0.1, -0.05) is 28.1 Å². The van der Waals surface area contributed by atoms with E-state index in [2.05, 4.69) is 15.9 Å². The molecular weight excluding hydrogens is 467 g/mol. The third kappa shape index (κ3) is 4.56. The Morgan fingerprint density at radius 1 is 1.16 bits per heavy atom. The van der Waals surface area contributed by atoms with Crippen molar-refractivity contribution in [3.05, 3.63) is 75.5 Å². The summed E-state index contributed by atoms with van der Waals surface area (Å²) in [4.78, 5) is 28.8. The van der Waals surface area contributed by atoms with E-state index < -0.39 is 23.5 Å². The topological polar surface area (TPSA) is 71.3 Å². The second-order valence-corrected chi connectivity index (χ2v) is 8.58. The van der Waals surface area contributed by atoms with Crippen LogP contribution in [-0.4, -0.2) is 61.1 Å². The molecule has 1 amide bonds. The van der Waals surface area contributed by atoms with Crippen molar-refractivity contribution in [2.24, 2.45) is 0 Å². The van der Waals surface area contributed by atoms with Gasteiger partial charge in [0.15, 0.2) is 0 Å². The van der Waals surface area contributed by atoms with Crippen LogP contribution in [0.1, 0.15) is 17.2 Å². The highest BCUT2D eigenvalue weighted by molar-refractivity contribution is 9.10. The number of benzene rings is 2. The highest BCUT2D eigenvalue weighted by atomic mass is 79.9. The quantitative estimate of drug-likeness (QED) is 0.382. The van der Waals surface area contributed by atoms with Crippen molar-refractivity contribution in [3.8, 4) is 0 Å². The molecule has 0 unspecified atom stereocenters. The average Bonchev–Trinajstić information content (AvgIpc) is 3.03. The predicted octanol–water partition coefficient (Wildman–Crippen LogP) is 1.93. The maximum absolute atomic E-state index is 13.3. The number of likely N-dealkylation sites (tertiary alicyclic amines) is 1. The number of aliphatic hydroxyl groups is 1. The number of ketones is 1. The molecule has 0 radical (unpaired) electrons. The lowest BCUT2D eigenvalue weighted by Gasteiger charge is -2.29. The monoisotopic (exact) mass is 489 g/mol. The Labute approximate surface area is 188 Å². The van der Waals surface area contributed by atoms with Crippen LogP contribution in [0.3, 0.4) is 0 Å². The minimum absolute atomic E-state index is 0.0201. The molecule has 2 saturated heterocycles. The molecule has 0 bridgehead atoms. The summed E-state index contributed by atoms with van der Waals surface area (Å²) in [6.45, 7) is 4.10. The number of hydrogen-bond acceptors (Lipinski definition) is 4. The van der Waals surface area contributed by atoms with Gasteiger partial charge in [-0.05, 0) is 42.0 Å². The van der Waals surface area contributed by atoms with E-state index in [0.29, 0.717) is 37.4 Å². The number of Topliss-reactive ketones (excluding diaryl/α,β-unsaturated/α-hetero) is 1. The Kier molecular flexibility index (Phi) is 6.50. The fourth-order valence-corrected chi connectivity index (χ4v) is 4.50. The van der Waals surface area contributed by atoms with Crippen LogP contribution in [0.15, 0.2) is 58.6 Å². The second kappa shape index (κ2) is 9.30. The fourth-order valence-electron chi connectivity index (χ4n) is 4.09. The van der Waals surface area contributed by atoms with Crippen molar-refractivity contribution in [1.29, 1.82) is 0 Å². The maximum Gasteiger partial charge on any atom is 0.295 e. The zero-order valence-corrected chi connectivity index (χ0v) is 18.4. The second-order valence-electron chi connectivity index (χ2n) is 7.67. The lowest BCUT2D eigenvalue weighted by molar-refractivity contribution is -0.907. The number of carbonyl (C=O) groups is 2. The molecule has 2 aromatic carbocycles. The number of halogens is 2. The number of ether oxygens (including phenoxy) is 1. The van der Waals surface area contributed by atoms with E-state index in [9.17, 15) is 19.1 Å². The Balaban J connectivity index is 1.73. The van der Waals surface area contributed by atoms with Crippen molar-refractivity contribution in [2.45, 2.75) is 6.04 Å². The van der Waals surface area contributed by atoms with Gasteiger partial charge in [0.2, 0.25) is 0 Å². The first-order valence-corrected chi connectivity index (χ1v) is 11.0. The summed E-state index contributed by atoms with van der Waals surface area (Å²) in [6, 6.07) is 11.8. The molecule has 2 aliphatic rings. The molecule has 0 aromatic heterocycles. The minimum Gasteiger partial charge on any atom is -0.507 e. The summed E-state index contributed by atoms with van der Waals surface area (Å²) < 4.78 is 19.5. The first-order valence-electron chi connectivity index (χ1n) is 10.2. The highest BCUT2D eigenvalue weighted by Gasteiger charge is 2.46. The van der Waals surface area contributed by atoms with E-state index in [1.54, 1.807) is 0 Å². The van der Waals surface area contributed by atoms with Crippen molar-refractivity contribution in [3.63, 3.8) is 0 Å². The fraction of sp³-hybridized carbons (Fsp3) is 0.304. The van der Waals surface area contributed by atoms with Gasteiger partial charge in [0, 0.05) is 10.0 Å². The molecule has 8 heteroatoms. The molecule has 0 aliphatic carbocycles. The number of rotatable bonds is 5. The highest BCUT2D eigenvalue weighted by Crippen LogP contribution is 2.39. The van der Waals surface area contributed by atoms with Gasteiger partial charge in [-0.3, -0.25) is 9.59 Å². The maximum atomic E-state index is 13.3. The third-order valence-electron chi connectivity index (χ3n) is 5.73. The Bertz CT molecular complexity index is 1020. The number of nitrogens with one attached hydrogen (secondary N) is 1. The molecule has 2 aromatic rings. The van der Waals surface area contributed by atoms with E-state index in [4.69, 9.17) is 4.74 Å². The molecule has 2 aliphatic heterocycles. The number of nitrogens with zero attached hydrogens (tertiary/aromatic N) is 1. The number of carbonyl (C=O) groups excluding carboxylic acids is 2. The molecule has 4 rings (SSSR count). The molecule has 31 heavy (non-hydrogen) atoms. The summed E-state index contributed by atoms with van der Waals surface area (Å²) in [5.74, 6) is -2.12. The van der Waals surface area contributed by atoms with Gasteiger partial charge in [-0.2, -0.15) is 0 Å². The van der Waals surface area contributed by atoms with Crippen LogP contribution in [-0.2, 0) is 14.3 Å². The third-order valence-corrected chi connectivity index (χ3v) is 6.22. The van der Waals surface area contributed by atoms with Crippen LogP contribution >= 0.6 is 15.9 Å². The first-order chi connectivity index (χ1) is 15.0. The average molecular weight is 490 g/mol. The molecule has 1 atom stereocenters. The Hall–Kier alpha value is -2.55. The number of amides is 1. The van der Waals surface area contributed by atoms with Gasteiger partial charge >= 0.3 is 0 Å². The number of hydrogen-bond donors (Lipinski definition) is 2. The number of aliphatic hydroxyl groups excluding tert-OH is 1. The van der Waals surface area contributed by atoms with Gasteiger partial charge in [-0.25, -0.2) is 4.39 Å². The smallest absolute Gasteiger partial charge is 0.295 e. The van der Waals surface area contributed by atoms with Crippen LogP contribution in [0.4, 0.5) is 4.39 Å². The van der Waals surface area contributed by atoms with E-state index in [0.717, 1.165) is 17.6 Å². The number of quaternary nitrogens is 1. The van der Waals surface area contributed by atoms with Crippen molar-refractivity contribution >= 4 is 33.4 Å². The van der Waals surface area contributed by atoms with E-state index in [-0.39, 0.29) is 11.3 Å². The van der Waals surface area contributed by atoms with Crippen LogP contribution in [0, 0.1) is 5.82 Å². The van der Waals surface area contributed by atoms with Crippen LogP contribution < -0.4 is 4.90 Å². The van der Waals surface area contributed by atoms with Crippen LogP contribution in [0.2, 0.25) is 0 Å². The lowest BCUT2D eigenvalue weighted by Crippen LogP contribution is -3.14. The minimum atomic E-state index is -0.733. The first kappa shape index (κ1) is 21.7. The zero-order chi connectivity index (χ0) is 22.0. The summed E-state index contributed by atoms with van der Waals surface area (Å²) >= 11 is 3.44. The molecule has 6 nitrogen and oxygen atoms in total. The van der Waals surface area contributed by atoms with Gasteiger partial charge < -0.3 is 19.6 Å². The van der Waals surface area contributed by atoms with E-state index in [1.807, 2.05) is 24.3 Å². The zero-order valence-electron chi connectivity index (χ0n) is 16.8. The van der Waals surface area contributed by atoms with E-state index in [1.165, 1.54) is 34.1 Å². The molecule has 2 heterocycles. The number of morpholine rings is 1. The normalized spacial score (nSPS) is 21.6. The Morgan fingerprint density at radius 3 is 2.55 bits per heavy atom.